The number of rotatable bonds is 4. The van der Waals surface area contributed by atoms with Gasteiger partial charge in [0.2, 0.25) is 0 Å². The number of benzene rings is 1. The SMILES string of the molecule is Cc1ccc(NC(=O)NCC2CCN(C(=O)c3snnc3C)CC2)cc1C. The number of carbonyl (C=O) groups excluding carboxylic acids is 2. The van der Waals surface area contributed by atoms with Crippen LogP contribution < -0.4 is 10.6 Å². The van der Waals surface area contributed by atoms with E-state index in [1.807, 2.05) is 43.9 Å². The Labute approximate surface area is 163 Å². The van der Waals surface area contributed by atoms with Gasteiger partial charge in [0.1, 0.15) is 4.88 Å². The lowest BCUT2D eigenvalue weighted by molar-refractivity contribution is 0.0694. The molecule has 7 nitrogen and oxygen atoms in total. The van der Waals surface area contributed by atoms with Crippen LogP contribution in [-0.2, 0) is 0 Å². The number of carbonyl (C=O) groups is 2. The molecule has 27 heavy (non-hydrogen) atoms. The minimum atomic E-state index is -0.192. The number of nitrogens with one attached hydrogen (secondary N) is 2. The number of urea groups is 1. The van der Waals surface area contributed by atoms with Gasteiger partial charge in [-0.25, -0.2) is 4.79 Å². The second-order valence-corrected chi connectivity index (χ2v) is 7.81. The number of piperidine rings is 1. The lowest BCUT2D eigenvalue weighted by Crippen LogP contribution is -2.42. The molecule has 1 aliphatic rings. The molecule has 0 spiro atoms. The third-order valence-electron chi connectivity index (χ3n) is 5.06. The molecule has 0 saturated carbocycles. The van der Waals surface area contributed by atoms with E-state index in [0.717, 1.165) is 35.6 Å². The van der Waals surface area contributed by atoms with Gasteiger partial charge in [-0.05, 0) is 74.3 Å². The molecule has 0 radical (unpaired) electrons. The Hall–Kier alpha value is -2.48. The summed E-state index contributed by atoms with van der Waals surface area (Å²) in [5, 5.41) is 9.73. The van der Waals surface area contributed by atoms with Crippen LogP contribution in [-0.4, -0.2) is 46.1 Å². The van der Waals surface area contributed by atoms with Crippen molar-refractivity contribution in [2.24, 2.45) is 5.92 Å². The highest BCUT2D eigenvalue weighted by Gasteiger charge is 2.26. The van der Waals surface area contributed by atoms with Crippen molar-refractivity contribution in [2.45, 2.75) is 33.6 Å². The van der Waals surface area contributed by atoms with Crippen LogP contribution >= 0.6 is 11.5 Å². The molecule has 1 saturated heterocycles. The smallest absolute Gasteiger partial charge is 0.319 e. The molecule has 1 aromatic heterocycles. The zero-order valence-electron chi connectivity index (χ0n) is 15.9. The molecule has 1 aromatic carbocycles. The van der Waals surface area contributed by atoms with Gasteiger partial charge in [-0.15, -0.1) is 5.10 Å². The first-order valence-corrected chi connectivity index (χ1v) is 9.91. The summed E-state index contributed by atoms with van der Waals surface area (Å²) in [6, 6.07) is 5.68. The van der Waals surface area contributed by atoms with Gasteiger partial charge in [-0.3, -0.25) is 4.79 Å². The largest absolute Gasteiger partial charge is 0.338 e. The van der Waals surface area contributed by atoms with Gasteiger partial charge >= 0.3 is 6.03 Å². The molecule has 1 fully saturated rings. The lowest BCUT2D eigenvalue weighted by Gasteiger charge is -2.31. The molecule has 1 aliphatic heterocycles. The van der Waals surface area contributed by atoms with E-state index in [-0.39, 0.29) is 11.9 Å². The summed E-state index contributed by atoms with van der Waals surface area (Å²) >= 11 is 1.15. The van der Waals surface area contributed by atoms with Gasteiger partial charge in [0.05, 0.1) is 5.69 Å². The van der Waals surface area contributed by atoms with Crippen molar-refractivity contribution in [3.63, 3.8) is 0 Å². The lowest BCUT2D eigenvalue weighted by atomic mass is 9.96. The Balaban J connectivity index is 1.42. The first kappa shape index (κ1) is 19.3. The second-order valence-electron chi connectivity index (χ2n) is 7.06. The van der Waals surface area contributed by atoms with E-state index in [9.17, 15) is 9.59 Å². The van der Waals surface area contributed by atoms with Crippen LogP contribution in [0.5, 0.6) is 0 Å². The molecule has 0 aliphatic carbocycles. The highest BCUT2D eigenvalue weighted by Crippen LogP contribution is 2.21. The summed E-state index contributed by atoms with van der Waals surface area (Å²) < 4.78 is 3.84. The molecule has 2 heterocycles. The third kappa shape index (κ3) is 4.82. The summed E-state index contributed by atoms with van der Waals surface area (Å²) in [5.41, 5.74) is 3.84. The summed E-state index contributed by atoms with van der Waals surface area (Å²) in [6.07, 6.45) is 1.75. The van der Waals surface area contributed by atoms with E-state index < -0.39 is 0 Å². The number of aromatic nitrogens is 2. The quantitative estimate of drug-likeness (QED) is 0.844. The zero-order chi connectivity index (χ0) is 19.4. The number of hydrogen-bond donors (Lipinski definition) is 2. The Bertz CT molecular complexity index is 827. The van der Waals surface area contributed by atoms with E-state index >= 15 is 0 Å². The molecular formula is C19H25N5O2S. The fraction of sp³-hybridized carbons (Fsp3) is 0.474. The molecule has 2 aromatic rings. The minimum absolute atomic E-state index is 0.0152. The number of hydrogen-bond acceptors (Lipinski definition) is 5. The molecule has 2 N–H and O–H groups in total. The predicted octanol–water partition coefficient (Wildman–Crippen LogP) is 3.14. The molecule has 0 unspecified atom stereocenters. The normalized spacial score (nSPS) is 14.9. The Morgan fingerprint density at radius 3 is 2.56 bits per heavy atom. The zero-order valence-corrected chi connectivity index (χ0v) is 16.7. The van der Waals surface area contributed by atoms with Crippen LogP contribution in [0, 0.1) is 26.7 Å². The van der Waals surface area contributed by atoms with Gasteiger partial charge < -0.3 is 15.5 Å². The summed E-state index contributed by atoms with van der Waals surface area (Å²) in [5.74, 6) is 0.390. The van der Waals surface area contributed by atoms with Crippen LogP contribution in [0.4, 0.5) is 10.5 Å². The summed E-state index contributed by atoms with van der Waals surface area (Å²) in [4.78, 5) is 27.1. The van der Waals surface area contributed by atoms with Crippen LogP contribution in [0.15, 0.2) is 18.2 Å². The van der Waals surface area contributed by atoms with Crippen LogP contribution in [0.2, 0.25) is 0 Å². The molecule has 3 amide bonds. The monoisotopic (exact) mass is 387 g/mol. The van der Waals surface area contributed by atoms with Crippen molar-refractivity contribution in [1.29, 1.82) is 0 Å². The van der Waals surface area contributed by atoms with Crippen molar-refractivity contribution in [2.75, 3.05) is 25.0 Å². The number of likely N-dealkylation sites (tertiary alicyclic amines) is 1. The molecule has 144 valence electrons. The van der Waals surface area contributed by atoms with Gasteiger partial charge in [0.15, 0.2) is 0 Å². The van der Waals surface area contributed by atoms with E-state index in [4.69, 9.17) is 0 Å². The van der Waals surface area contributed by atoms with Crippen LogP contribution in [0.25, 0.3) is 0 Å². The van der Waals surface area contributed by atoms with Gasteiger partial charge in [-0.2, -0.15) is 0 Å². The van der Waals surface area contributed by atoms with E-state index in [2.05, 4.69) is 20.2 Å². The highest BCUT2D eigenvalue weighted by molar-refractivity contribution is 7.07. The maximum absolute atomic E-state index is 12.5. The fourth-order valence-electron chi connectivity index (χ4n) is 3.14. The summed E-state index contributed by atoms with van der Waals surface area (Å²) in [7, 11) is 0. The van der Waals surface area contributed by atoms with E-state index in [1.165, 1.54) is 5.56 Å². The van der Waals surface area contributed by atoms with Crippen LogP contribution in [0.1, 0.15) is 39.3 Å². The predicted molar refractivity (Wildman–Crippen MR) is 106 cm³/mol. The first-order chi connectivity index (χ1) is 12.9. The standard InChI is InChI=1S/C19H25N5O2S/c1-12-4-5-16(10-13(12)2)21-19(26)20-11-15-6-8-24(9-7-15)18(25)17-14(3)22-23-27-17/h4-5,10,15H,6-9,11H2,1-3H3,(H2,20,21,26). The van der Waals surface area contributed by atoms with Crippen molar-refractivity contribution < 1.29 is 9.59 Å². The Morgan fingerprint density at radius 1 is 1.19 bits per heavy atom. The molecule has 3 rings (SSSR count). The molecule has 0 atom stereocenters. The van der Waals surface area contributed by atoms with Gasteiger partial charge in [0, 0.05) is 25.3 Å². The number of aryl methyl sites for hydroxylation is 3. The van der Waals surface area contributed by atoms with Crippen molar-refractivity contribution in [1.82, 2.24) is 19.8 Å². The van der Waals surface area contributed by atoms with Crippen molar-refractivity contribution in [3.8, 4) is 0 Å². The second kappa shape index (κ2) is 8.47. The van der Waals surface area contributed by atoms with Crippen molar-refractivity contribution in [3.05, 3.63) is 39.9 Å². The Morgan fingerprint density at radius 2 is 1.93 bits per heavy atom. The Kier molecular flexibility index (Phi) is 6.05. The molecule has 0 bridgehead atoms. The van der Waals surface area contributed by atoms with E-state index in [1.54, 1.807) is 0 Å². The number of nitrogens with zero attached hydrogens (tertiary/aromatic N) is 3. The third-order valence-corrected chi connectivity index (χ3v) is 5.88. The number of anilines is 1. The minimum Gasteiger partial charge on any atom is -0.338 e. The van der Waals surface area contributed by atoms with Crippen LogP contribution in [0.3, 0.4) is 0 Å². The first-order valence-electron chi connectivity index (χ1n) is 9.14. The molecular weight excluding hydrogens is 362 g/mol. The molecule has 8 heteroatoms. The average molecular weight is 388 g/mol. The fourth-order valence-corrected chi connectivity index (χ4v) is 3.77. The topological polar surface area (TPSA) is 87.2 Å². The maximum atomic E-state index is 12.5. The average Bonchev–Trinajstić information content (AvgIpc) is 3.09. The maximum Gasteiger partial charge on any atom is 0.319 e. The number of amides is 3. The van der Waals surface area contributed by atoms with Gasteiger partial charge in [0.25, 0.3) is 5.91 Å². The van der Waals surface area contributed by atoms with Crippen molar-refractivity contribution >= 4 is 29.2 Å². The van der Waals surface area contributed by atoms with E-state index in [0.29, 0.717) is 36.1 Å². The highest BCUT2D eigenvalue weighted by atomic mass is 32.1. The summed E-state index contributed by atoms with van der Waals surface area (Å²) in [6.45, 7) is 7.88. The van der Waals surface area contributed by atoms with Gasteiger partial charge in [-0.1, -0.05) is 10.6 Å².